The number of pyridine rings is 2. The van der Waals surface area contributed by atoms with Crippen molar-refractivity contribution in [1.82, 2.24) is 20.3 Å². The maximum absolute atomic E-state index is 12.5. The Morgan fingerprint density at radius 3 is 2.38 bits per heavy atom. The number of rotatable bonds is 4. The third-order valence-electron chi connectivity index (χ3n) is 5.97. The molecular formula is C32H38N6O2. The molecule has 4 heterocycles. The lowest BCUT2D eigenvalue weighted by Gasteiger charge is -2.20. The van der Waals surface area contributed by atoms with E-state index in [1.165, 1.54) is 5.56 Å². The molecule has 0 saturated carbocycles. The number of nitrogens with zero attached hydrogens (tertiary/aromatic N) is 2. The number of fused-ring (bicyclic) bond motifs is 2. The number of aromatic nitrogens is 3. The quantitative estimate of drug-likeness (QED) is 0.238. The highest BCUT2D eigenvalue weighted by Gasteiger charge is 2.17. The Kier molecular flexibility index (Phi) is 8.38. The molecule has 0 unspecified atom stereocenters. The normalized spacial score (nSPS) is 12.8. The predicted octanol–water partition coefficient (Wildman–Crippen LogP) is 6.45. The van der Waals surface area contributed by atoms with Crippen molar-refractivity contribution in [2.75, 3.05) is 17.2 Å². The van der Waals surface area contributed by atoms with Crippen LogP contribution in [-0.4, -0.2) is 38.8 Å². The zero-order valence-electron chi connectivity index (χ0n) is 24.1. The van der Waals surface area contributed by atoms with Crippen LogP contribution in [0.2, 0.25) is 0 Å². The first-order chi connectivity index (χ1) is 18.9. The van der Waals surface area contributed by atoms with Gasteiger partial charge in [0.2, 0.25) is 0 Å². The minimum absolute atomic E-state index is 0.215. The minimum atomic E-state index is -0.343. The molecular weight excluding hydrogens is 500 g/mol. The Morgan fingerprint density at radius 2 is 1.65 bits per heavy atom. The lowest BCUT2D eigenvalue weighted by atomic mass is 9.96. The van der Waals surface area contributed by atoms with E-state index in [0.717, 1.165) is 29.9 Å². The van der Waals surface area contributed by atoms with Crippen molar-refractivity contribution in [1.29, 1.82) is 0 Å². The van der Waals surface area contributed by atoms with E-state index in [1.54, 1.807) is 36.5 Å². The Labute approximate surface area is 235 Å². The van der Waals surface area contributed by atoms with Crippen LogP contribution in [0.15, 0.2) is 66.9 Å². The van der Waals surface area contributed by atoms with Crippen LogP contribution in [0, 0.1) is 5.41 Å². The van der Waals surface area contributed by atoms with Crippen molar-refractivity contribution in [2.24, 2.45) is 5.41 Å². The van der Waals surface area contributed by atoms with Crippen LogP contribution in [0.4, 0.5) is 11.6 Å². The summed E-state index contributed by atoms with van der Waals surface area (Å²) in [7, 11) is 0. The molecule has 8 nitrogen and oxygen atoms in total. The monoisotopic (exact) mass is 538 g/mol. The summed E-state index contributed by atoms with van der Waals surface area (Å²) in [6.07, 6.45) is 7.18. The Hall–Kier alpha value is -4.46. The Bertz CT molecular complexity index is 1540. The molecule has 2 amide bonds. The molecule has 0 bridgehead atoms. The molecule has 3 aromatic heterocycles. The smallest absolute Gasteiger partial charge is 0.256 e. The molecule has 0 spiro atoms. The number of anilines is 2. The molecule has 4 N–H and O–H groups in total. The van der Waals surface area contributed by atoms with Gasteiger partial charge in [0.1, 0.15) is 17.3 Å². The van der Waals surface area contributed by atoms with Gasteiger partial charge in [-0.2, -0.15) is 0 Å². The molecule has 40 heavy (non-hydrogen) atoms. The lowest BCUT2D eigenvalue weighted by Crippen LogP contribution is -2.40. The van der Waals surface area contributed by atoms with E-state index in [-0.39, 0.29) is 22.8 Å². The van der Waals surface area contributed by atoms with Crippen LogP contribution in [0.25, 0.3) is 17.1 Å². The van der Waals surface area contributed by atoms with Crippen LogP contribution in [0.3, 0.4) is 0 Å². The summed E-state index contributed by atoms with van der Waals surface area (Å²) in [5.74, 6) is 0.979. The number of carbonyl (C=O) groups excluding carboxylic acids is 2. The van der Waals surface area contributed by atoms with Gasteiger partial charge in [0.25, 0.3) is 11.8 Å². The second-order valence-electron chi connectivity index (χ2n) is 12.0. The number of nitrogens with one attached hydrogen (secondary N) is 4. The number of aromatic amines is 1. The van der Waals surface area contributed by atoms with Gasteiger partial charge >= 0.3 is 0 Å². The number of benzene rings is 1. The van der Waals surface area contributed by atoms with Crippen molar-refractivity contribution in [3.8, 4) is 0 Å². The third kappa shape index (κ3) is 8.02. The second kappa shape index (κ2) is 11.7. The molecule has 0 aliphatic carbocycles. The van der Waals surface area contributed by atoms with Gasteiger partial charge in [0.05, 0.1) is 5.69 Å². The molecule has 0 saturated heterocycles. The summed E-state index contributed by atoms with van der Waals surface area (Å²) >= 11 is 0. The number of carbonyl (C=O) groups is 2. The molecule has 208 valence electrons. The Morgan fingerprint density at radius 1 is 0.900 bits per heavy atom. The topological polar surface area (TPSA) is 112 Å². The van der Waals surface area contributed by atoms with Gasteiger partial charge in [-0.1, -0.05) is 39.0 Å². The van der Waals surface area contributed by atoms with Crippen LogP contribution in [0.1, 0.15) is 73.5 Å². The van der Waals surface area contributed by atoms with Crippen LogP contribution < -0.4 is 16.0 Å². The average Bonchev–Trinajstić information content (AvgIpc) is 3.55. The molecule has 0 fully saturated rings. The lowest BCUT2D eigenvalue weighted by molar-refractivity contribution is 0.0919. The average molecular weight is 539 g/mol. The number of amides is 2. The van der Waals surface area contributed by atoms with Crippen molar-refractivity contribution in [3.63, 3.8) is 0 Å². The number of hydrogen-bond acceptors (Lipinski definition) is 5. The first kappa shape index (κ1) is 28.5. The zero-order valence-corrected chi connectivity index (χ0v) is 24.1. The first-order valence-electron chi connectivity index (χ1n) is 13.5. The molecule has 5 rings (SSSR count). The van der Waals surface area contributed by atoms with E-state index < -0.39 is 0 Å². The highest BCUT2D eigenvalue weighted by molar-refractivity contribution is 6.06. The fourth-order valence-electron chi connectivity index (χ4n) is 4.00. The first-order valence-corrected chi connectivity index (χ1v) is 13.5. The SMILES string of the molecule is CC(C)(C)/C=C/c1ccc2c(n1)NCC2.CC(C)(C)NC(=O)c1cccc(C(=O)Nc2ccc3cc[nH]c3n2)c1. The molecule has 1 aromatic carbocycles. The van der Waals surface area contributed by atoms with E-state index in [2.05, 4.69) is 76.0 Å². The third-order valence-corrected chi connectivity index (χ3v) is 5.97. The maximum atomic E-state index is 12.5. The van der Waals surface area contributed by atoms with Gasteiger partial charge in [0, 0.05) is 34.8 Å². The summed E-state index contributed by atoms with van der Waals surface area (Å²) in [6, 6.07) is 16.4. The summed E-state index contributed by atoms with van der Waals surface area (Å²) < 4.78 is 0. The largest absolute Gasteiger partial charge is 0.369 e. The molecule has 1 aliphatic heterocycles. The van der Waals surface area contributed by atoms with Crippen molar-refractivity contribution in [3.05, 3.63) is 89.3 Å². The van der Waals surface area contributed by atoms with Gasteiger partial charge < -0.3 is 20.9 Å². The highest BCUT2D eigenvalue weighted by atomic mass is 16.2. The Balaban J connectivity index is 0.000000210. The van der Waals surface area contributed by atoms with Crippen LogP contribution in [-0.2, 0) is 6.42 Å². The standard InChI is InChI=1S/C19H20N4O2.C13H18N2/c1-19(2,3)23-18(25)14-6-4-5-13(11-14)17(24)22-15-8-7-12-9-10-20-16(12)21-15;1-13(2,3)8-6-11-5-4-10-7-9-14-12(10)15-11/h4-11H,1-3H3,(H,23,25)(H2,20,21,22,24);4-6,8H,7,9H2,1-3H3,(H,14,15)/b;8-6+. The van der Waals surface area contributed by atoms with E-state index in [9.17, 15) is 9.59 Å². The van der Waals surface area contributed by atoms with Gasteiger partial charge in [-0.25, -0.2) is 9.97 Å². The summed E-state index contributed by atoms with van der Waals surface area (Å²) in [5.41, 5.74) is 3.79. The van der Waals surface area contributed by atoms with Gasteiger partial charge in [-0.05, 0) is 86.7 Å². The molecule has 1 aliphatic rings. The van der Waals surface area contributed by atoms with Gasteiger partial charge in [-0.3, -0.25) is 9.59 Å². The fourth-order valence-corrected chi connectivity index (χ4v) is 4.00. The van der Waals surface area contributed by atoms with E-state index in [1.807, 2.05) is 32.9 Å². The van der Waals surface area contributed by atoms with Crippen LogP contribution in [0.5, 0.6) is 0 Å². The number of allylic oxidation sites excluding steroid dienone is 1. The predicted molar refractivity (Wildman–Crippen MR) is 163 cm³/mol. The maximum Gasteiger partial charge on any atom is 0.256 e. The van der Waals surface area contributed by atoms with E-state index >= 15 is 0 Å². The summed E-state index contributed by atoms with van der Waals surface area (Å²) in [6.45, 7) is 13.3. The summed E-state index contributed by atoms with van der Waals surface area (Å²) in [5, 5.41) is 9.90. The summed E-state index contributed by atoms with van der Waals surface area (Å²) in [4.78, 5) is 36.6. The zero-order chi connectivity index (χ0) is 28.9. The van der Waals surface area contributed by atoms with E-state index in [0.29, 0.717) is 22.6 Å². The second-order valence-corrected chi connectivity index (χ2v) is 12.0. The van der Waals surface area contributed by atoms with Gasteiger partial charge in [-0.15, -0.1) is 0 Å². The van der Waals surface area contributed by atoms with E-state index in [4.69, 9.17) is 0 Å². The van der Waals surface area contributed by atoms with Crippen molar-refractivity contribution < 1.29 is 9.59 Å². The highest BCUT2D eigenvalue weighted by Crippen LogP contribution is 2.22. The number of H-pyrrole nitrogens is 1. The molecule has 0 radical (unpaired) electrons. The molecule has 8 heteroatoms. The fraction of sp³-hybridized carbons (Fsp3) is 0.312. The number of hydrogen-bond donors (Lipinski definition) is 4. The van der Waals surface area contributed by atoms with Crippen molar-refractivity contribution in [2.45, 2.75) is 53.5 Å². The molecule has 0 atom stereocenters. The van der Waals surface area contributed by atoms with Crippen LogP contribution >= 0.6 is 0 Å². The minimum Gasteiger partial charge on any atom is -0.369 e. The van der Waals surface area contributed by atoms with Crippen molar-refractivity contribution >= 4 is 40.6 Å². The molecule has 4 aromatic rings. The van der Waals surface area contributed by atoms with Gasteiger partial charge in [0.15, 0.2) is 0 Å².